The van der Waals surface area contributed by atoms with Crippen molar-refractivity contribution in [3.63, 3.8) is 0 Å². The van der Waals surface area contributed by atoms with Crippen molar-refractivity contribution in [2.45, 2.75) is 75.8 Å². The third-order valence-electron chi connectivity index (χ3n) is 13.4. The Balaban J connectivity index is 1.12. The van der Waals surface area contributed by atoms with Crippen molar-refractivity contribution in [3.05, 3.63) is 287 Å². The van der Waals surface area contributed by atoms with Gasteiger partial charge in [-0.1, -0.05) is 231 Å². The van der Waals surface area contributed by atoms with Crippen LogP contribution >= 0.6 is 0 Å². The topological polar surface area (TPSA) is 51.1 Å². The number of rotatable bonds is 19. The molecule has 1 aliphatic rings. The molecule has 5 atom stereocenters. The summed E-state index contributed by atoms with van der Waals surface area (Å²) < 4.78 is 39.3. The Morgan fingerprint density at radius 2 is 0.855 bits per heavy atom. The van der Waals surface area contributed by atoms with Crippen molar-refractivity contribution in [2.75, 3.05) is 6.61 Å². The largest absolute Gasteiger partial charge is 0.368 e. The van der Waals surface area contributed by atoms with Crippen molar-refractivity contribution in [1.29, 1.82) is 0 Å². The highest BCUT2D eigenvalue weighted by Crippen LogP contribution is 2.43. The molecule has 1 unspecified atom stereocenters. The summed E-state index contributed by atoms with van der Waals surface area (Å²) in [6.45, 7) is 3.37. The van der Waals surface area contributed by atoms with Crippen LogP contribution in [0.4, 0.5) is 0 Å². The molecule has 8 aromatic carbocycles. The molecule has 10 rings (SSSR count). The lowest BCUT2D eigenvalue weighted by Crippen LogP contribution is -2.59. The molecule has 1 saturated heterocycles. The monoisotopic (exact) mass is 909 g/mol. The quantitative estimate of drug-likeness (QED) is 0.0757. The summed E-state index contributed by atoms with van der Waals surface area (Å²) in [5.74, 6) is 0. The van der Waals surface area contributed by atoms with Crippen LogP contribution in [0.1, 0.15) is 63.2 Å². The molecule has 0 bridgehead atoms. The van der Waals surface area contributed by atoms with Crippen LogP contribution in [0.2, 0.25) is 0 Å². The molecule has 0 radical (unpaired) electrons. The van der Waals surface area contributed by atoms with Crippen molar-refractivity contribution >= 4 is 10.9 Å². The first-order valence-corrected chi connectivity index (χ1v) is 24.2. The van der Waals surface area contributed by atoms with Gasteiger partial charge >= 0.3 is 0 Å². The first kappa shape index (κ1) is 45.9. The fraction of sp³-hybridized carbons (Fsp3) is 0.206. The fourth-order valence-electron chi connectivity index (χ4n) is 9.84. The van der Waals surface area contributed by atoms with E-state index < -0.39 is 36.2 Å². The molecule has 0 aliphatic carbocycles. The first-order valence-electron chi connectivity index (χ1n) is 24.2. The number of nitrogens with zero attached hydrogens (tertiary/aromatic N) is 1. The molecule has 0 amide bonds. The van der Waals surface area contributed by atoms with Gasteiger partial charge in [-0.05, 0) is 69.0 Å². The summed E-state index contributed by atoms with van der Waals surface area (Å²) in [5.41, 5.74) is 9.98. The lowest BCUT2D eigenvalue weighted by Gasteiger charge is -2.47. The van der Waals surface area contributed by atoms with E-state index in [1.807, 2.05) is 60.7 Å². The van der Waals surface area contributed by atoms with Gasteiger partial charge in [-0.3, -0.25) is 0 Å². The molecule has 1 aromatic heterocycles. The van der Waals surface area contributed by atoms with E-state index in [1.165, 1.54) is 16.7 Å². The third-order valence-corrected chi connectivity index (χ3v) is 13.4. The number of ether oxygens (including phenoxy) is 5. The zero-order chi connectivity index (χ0) is 46.7. The van der Waals surface area contributed by atoms with Crippen LogP contribution in [0, 0.1) is 0 Å². The van der Waals surface area contributed by atoms with E-state index in [0.29, 0.717) is 19.8 Å². The van der Waals surface area contributed by atoms with Crippen LogP contribution in [0.5, 0.6) is 0 Å². The molecule has 2 heterocycles. The number of fused-ring (bicyclic) bond motifs is 1. The molecule has 69 heavy (non-hydrogen) atoms. The lowest BCUT2D eigenvalue weighted by molar-refractivity contribution is -0.292. The number of hydrogen-bond donors (Lipinski definition) is 0. The molecule has 6 nitrogen and oxygen atoms in total. The predicted molar refractivity (Wildman–Crippen MR) is 275 cm³/mol. The van der Waals surface area contributed by atoms with E-state index in [-0.39, 0.29) is 6.61 Å². The zero-order valence-electron chi connectivity index (χ0n) is 39.1. The predicted octanol–water partition coefficient (Wildman–Crippen LogP) is 13.5. The van der Waals surface area contributed by atoms with E-state index in [4.69, 9.17) is 23.7 Å². The Morgan fingerprint density at radius 1 is 0.435 bits per heavy atom. The molecule has 0 spiro atoms. The number of benzene rings is 8. The molecule has 1 fully saturated rings. The molecule has 346 valence electrons. The van der Waals surface area contributed by atoms with E-state index in [0.717, 1.165) is 57.1 Å². The van der Waals surface area contributed by atoms with Gasteiger partial charge in [-0.25, -0.2) is 0 Å². The summed E-state index contributed by atoms with van der Waals surface area (Å²) in [6, 6.07) is 80.1. The van der Waals surface area contributed by atoms with Gasteiger partial charge < -0.3 is 28.3 Å². The average molecular weight is 910 g/mol. The van der Waals surface area contributed by atoms with Crippen LogP contribution < -0.4 is 0 Å². The average Bonchev–Trinajstić information content (AvgIpc) is 3.79. The minimum absolute atomic E-state index is 0.154. The SMILES string of the molecule is CCc1ccc(Cc2cn(C3O[C@H](COC(c4ccccc4)(c4ccccc4)c4ccccc4)[C@@H](OCc4ccccc4)[C@H](OCc4ccccc4)[C@H]3OCc3ccccc3)c3ccccc23)cc1. The Kier molecular flexibility index (Phi) is 14.6. The number of para-hydroxylation sites is 1. The first-order chi connectivity index (χ1) is 34.2. The normalized spacial score (nSPS) is 18.3. The smallest absolute Gasteiger partial charge is 0.163 e. The second-order valence-corrected chi connectivity index (χ2v) is 17.9. The van der Waals surface area contributed by atoms with Gasteiger partial charge in [-0.15, -0.1) is 0 Å². The molecule has 6 heteroatoms. The van der Waals surface area contributed by atoms with Crippen molar-refractivity contribution in [2.24, 2.45) is 0 Å². The van der Waals surface area contributed by atoms with Gasteiger partial charge in [0.2, 0.25) is 0 Å². The second kappa shape index (κ2) is 22.0. The summed E-state index contributed by atoms with van der Waals surface area (Å²) >= 11 is 0. The second-order valence-electron chi connectivity index (χ2n) is 17.9. The van der Waals surface area contributed by atoms with Crippen molar-refractivity contribution < 1.29 is 23.7 Å². The summed E-state index contributed by atoms with van der Waals surface area (Å²) in [5, 5.41) is 1.16. The van der Waals surface area contributed by atoms with Gasteiger partial charge in [0.25, 0.3) is 0 Å². The summed E-state index contributed by atoms with van der Waals surface area (Å²) in [6.07, 6.45) is 0.859. The minimum Gasteiger partial charge on any atom is -0.368 e. The van der Waals surface area contributed by atoms with Gasteiger partial charge in [0.15, 0.2) is 6.23 Å². The Labute approximate surface area is 406 Å². The molecular formula is C63H59NO5. The number of aryl methyl sites for hydroxylation is 1. The maximum absolute atomic E-state index is 7.67. The molecular weight excluding hydrogens is 851 g/mol. The highest BCUT2D eigenvalue weighted by Gasteiger charge is 2.51. The standard InChI is InChI=1S/C63H59NO5/c1-2-47-37-39-48(40-38-47)41-52-42-64(57-36-22-21-35-56(52)57)62-61(67-45-51-27-13-5-14-28-51)60(66-44-50-25-11-4-12-26-50)59(65-43-49-23-9-3-10-24-49)58(69-62)46-68-63(53-29-15-6-16-30-53,54-31-17-7-18-32-54)55-33-19-8-20-34-55/h3-40,42,58-62H,2,41,43-46H2,1H3/t58-,59-,60+,61-,62?/m1/s1. The zero-order valence-corrected chi connectivity index (χ0v) is 39.1. The van der Waals surface area contributed by atoms with Crippen LogP contribution in [0.15, 0.2) is 237 Å². The van der Waals surface area contributed by atoms with Crippen molar-refractivity contribution in [1.82, 2.24) is 4.57 Å². The van der Waals surface area contributed by atoms with Crippen LogP contribution in [0.3, 0.4) is 0 Å². The Hall–Kier alpha value is -6.90. The minimum atomic E-state index is -1.01. The Morgan fingerprint density at radius 3 is 1.35 bits per heavy atom. The maximum Gasteiger partial charge on any atom is 0.163 e. The van der Waals surface area contributed by atoms with Crippen molar-refractivity contribution in [3.8, 4) is 0 Å². The Bertz CT molecular complexity index is 2850. The lowest BCUT2D eigenvalue weighted by atomic mass is 9.80. The van der Waals surface area contributed by atoms with Crippen LogP contribution in [-0.2, 0) is 61.9 Å². The van der Waals surface area contributed by atoms with Gasteiger partial charge in [-0.2, -0.15) is 0 Å². The van der Waals surface area contributed by atoms with E-state index >= 15 is 0 Å². The molecule has 1 aliphatic heterocycles. The van der Waals surface area contributed by atoms with Gasteiger partial charge in [0.05, 0.1) is 31.9 Å². The van der Waals surface area contributed by atoms with E-state index in [1.54, 1.807) is 0 Å². The summed E-state index contributed by atoms with van der Waals surface area (Å²) in [4.78, 5) is 0. The van der Waals surface area contributed by atoms with Gasteiger partial charge in [0.1, 0.15) is 30.0 Å². The van der Waals surface area contributed by atoms with E-state index in [9.17, 15) is 0 Å². The summed E-state index contributed by atoms with van der Waals surface area (Å²) in [7, 11) is 0. The fourth-order valence-corrected chi connectivity index (χ4v) is 9.84. The number of aromatic nitrogens is 1. The highest BCUT2D eigenvalue weighted by atomic mass is 16.6. The van der Waals surface area contributed by atoms with Crippen LogP contribution in [-0.4, -0.2) is 35.6 Å². The third kappa shape index (κ3) is 10.4. The maximum atomic E-state index is 7.67. The number of hydrogen-bond acceptors (Lipinski definition) is 5. The van der Waals surface area contributed by atoms with Crippen LogP contribution in [0.25, 0.3) is 10.9 Å². The highest BCUT2D eigenvalue weighted by molar-refractivity contribution is 5.84. The molecule has 9 aromatic rings. The van der Waals surface area contributed by atoms with Gasteiger partial charge in [0, 0.05) is 11.6 Å². The molecule has 0 saturated carbocycles. The van der Waals surface area contributed by atoms with E-state index in [2.05, 4.69) is 188 Å². The molecule has 0 N–H and O–H groups in total.